The van der Waals surface area contributed by atoms with E-state index in [1.165, 1.54) is 0 Å². The molecule has 1 atom stereocenters. The molecule has 0 bridgehead atoms. The maximum absolute atomic E-state index is 6.27. The standard InChI is InChI=1S/C14H9BrCl4O/c1-20-13-6-11(18)9(5-12(13)19)14(15)8-3-2-7(16)4-10(8)17/h2-6,14H,1H3. The van der Waals surface area contributed by atoms with Gasteiger partial charge < -0.3 is 4.74 Å². The van der Waals surface area contributed by atoms with Crippen LogP contribution in [0.4, 0.5) is 0 Å². The predicted octanol–water partition coefficient (Wildman–Crippen LogP) is 6.79. The van der Waals surface area contributed by atoms with Crippen molar-refractivity contribution in [3.63, 3.8) is 0 Å². The number of hydrogen-bond acceptors (Lipinski definition) is 1. The largest absolute Gasteiger partial charge is 0.495 e. The lowest BCUT2D eigenvalue weighted by Gasteiger charge is -2.16. The molecule has 0 aliphatic rings. The van der Waals surface area contributed by atoms with Crippen LogP contribution in [0.5, 0.6) is 5.75 Å². The van der Waals surface area contributed by atoms with Crippen molar-refractivity contribution >= 4 is 62.3 Å². The second-order valence-electron chi connectivity index (χ2n) is 4.04. The zero-order chi connectivity index (χ0) is 14.9. The topological polar surface area (TPSA) is 9.23 Å². The Balaban J connectivity index is 2.48. The first-order valence-electron chi connectivity index (χ1n) is 5.56. The fraction of sp³-hybridized carbons (Fsp3) is 0.143. The first-order chi connectivity index (χ1) is 9.43. The molecule has 6 heteroatoms. The van der Waals surface area contributed by atoms with Crippen LogP contribution in [0, 0.1) is 0 Å². The van der Waals surface area contributed by atoms with Crippen LogP contribution in [0.2, 0.25) is 20.1 Å². The Hall–Kier alpha value is -0.120. The van der Waals surface area contributed by atoms with Crippen LogP contribution in [0.15, 0.2) is 30.3 Å². The molecule has 20 heavy (non-hydrogen) atoms. The van der Waals surface area contributed by atoms with Crippen molar-refractivity contribution in [1.29, 1.82) is 0 Å². The molecule has 0 amide bonds. The fourth-order valence-electron chi connectivity index (χ4n) is 1.77. The number of halogens is 5. The van der Waals surface area contributed by atoms with Crippen LogP contribution < -0.4 is 4.74 Å². The summed E-state index contributed by atoms with van der Waals surface area (Å²) in [5.41, 5.74) is 1.67. The van der Waals surface area contributed by atoms with Gasteiger partial charge in [-0.3, -0.25) is 0 Å². The molecule has 0 heterocycles. The Morgan fingerprint density at radius 3 is 2.15 bits per heavy atom. The van der Waals surface area contributed by atoms with E-state index in [0.29, 0.717) is 25.8 Å². The highest BCUT2D eigenvalue weighted by molar-refractivity contribution is 9.09. The molecule has 1 unspecified atom stereocenters. The summed E-state index contributed by atoms with van der Waals surface area (Å²) in [6, 6.07) is 8.74. The summed E-state index contributed by atoms with van der Waals surface area (Å²) in [6.07, 6.45) is 0. The highest BCUT2D eigenvalue weighted by Crippen LogP contribution is 2.42. The Labute approximate surface area is 145 Å². The number of hydrogen-bond donors (Lipinski definition) is 0. The monoisotopic (exact) mass is 412 g/mol. The first-order valence-corrected chi connectivity index (χ1v) is 7.98. The van der Waals surface area contributed by atoms with Crippen molar-refractivity contribution in [2.75, 3.05) is 7.11 Å². The summed E-state index contributed by atoms with van der Waals surface area (Å²) >= 11 is 28.1. The maximum atomic E-state index is 6.27. The Morgan fingerprint density at radius 1 is 0.900 bits per heavy atom. The number of benzene rings is 2. The number of ether oxygens (including phenoxy) is 1. The third kappa shape index (κ3) is 3.37. The van der Waals surface area contributed by atoms with E-state index in [4.69, 9.17) is 51.1 Å². The Kier molecular flexibility index (Phi) is 5.49. The lowest BCUT2D eigenvalue weighted by Crippen LogP contribution is -1.96. The maximum Gasteiger partial charge on any atom is 0.138 e. The first kappa shape index (κ1) is 16.3. The number of rotatable bonds is 3. The second kappa shape index (κ2) is 6.76. The van der Waals surface area contributed by atoms with Gasteiger partial charge in [0, 0.05) is 21.1 Å². The average Bonchev–Trinajstić information content (AvgIpc) is 2.40. The summed E-state index contributed by atoms with van der Waals surface area (Å²) in [4.78, 5) is -0.192. The molecule has 0 radical (unpaired) electrons. The minimum atomic E-state index is -0.192. The minimum Gasteiger partial charge on any atom is -0.495 e. The molecule has 0 fully saturated rings. The van der Waals surface area contributed by atoms with Crippen molar-refractivity contribution in [2.45, 2.75) is 4.83 Å². The molecule has 0 saturated heterocycles. The van der Waals surface area contributed by atoms with Gasteiger partial charge in [0.15, 0.2) is 0 Å². The molecular formula is C14H9BrCl4O. The van der Waals surface area contributed by atoms with Crippen molar-refractivity contribution in [2.24, 2.45) is 0 Å². The van der Waals surface area contributed by atoms with Crippen LogP contribution in [-0.2, 0) is 0 Å². The van der Waals surface area contributed by atoms with Gasteiger partial charge in [0.2, 0.25) is 0 Å². The van der Waals surface area contributed by atoms with E-state index in [1.807, 2.05) is 6.07 Å². The van der Waals surface area contributed by atoms with Gasteiger partial charge >= 0.3 is 0 Å². The molecule has 0 spiro atoms. The molecule has 2 aromatic carbocycles. The van der Waals surface area contributed by atoms with E-state index < -0.39 is 0 Å². The van der Waals surface area contributed by atoms with Gasteiger partial charge in [-0.1, -0.05) is 68.4 Å². The van der Waals surface area contributed by atoms with Crippen LogP contribution in [0.1, 0.15) is 16.0 Å². The van der Waals surface area contributed by atoms with Crippen molar-refractivity contribution < 1.29 is 4.74 Å². The predicted molar refractivity (Wildman–Crippen MR) is 90.2 cm³/mol. The van der Waals surface area contributed by atoms with E-state index in [9.17, 15) is 0 Å². The molecule has 0 aliphatic heterocycles. The molecule has 106 valence electrons. The lowest BCUT2D eigenvalue weighted by molar-refractivity contribution is 0.415. The molecule has 2 rings (SSSR count). The molecule has 0 aliphatic carbocycles. The van der Waals surface area contributed by atoms with E-state index in [-0.39, 0.29) is 4.83 Å². The third-order valence-electron chi connectivity index (χ3n) is 2.78. The summed E-state index contributed by atoms with van der Waals surface area (Å²) in [5.74, 6) is 0.530. The minimum absolute atomic E-state index is 0.192. The smallest absolute Gasteiger partial charge is 0.138 e. The van der Waals surface area contributed by atoms with Crippen LogP contribution in [-0.4, -0.2) is 7.11 Å². The number of alkyl halides is 1. The van der Waals surface area contributed by atoms with E-state index in [1.54, 1.807) is 31.4 Å². The van der Waals surface area contributed by atoms with Crippen LogP contribution in [0.25, 0.3) is 0 Å². The molecular weight excluding hydrogens is 406 g/mol. The van der Waals surface area contributed by atoms with E-state index in [2.05, 4.69) is 15.9 Å². The van der Waals surface area contributed by atoms with Crippen molar-refractivity contribution in [1.82, 2.24) is 0 Å². The van der Waals surface area contributed by atoms with Gasteiger partial charge in [0.05, 0.1) is 17.0 Å². The fourth-order valence-corrected chi connectivity index (χ4v) is 3.84. The Bertz CT molecular complexity index is 645. The molecule has 0 N–H and O–H groups in total. The van der Waals surface area contributed by atoms with Crippen molar-refractivity contribution in [3.05, 3.63) is 61.5 Å². The Morgan fingerprint density at radius 2 is 1.55 bits per heavy atom. The quantitative estimate of drug-likeness (QED) is 0.502. The van der Waals surface area contributed by atoms with Crippen molar-refractivity contribution in [3.8, 4) is 5.75 Å². The average molecular weight is 415 g/mol. The molecule has 1 nitrogen and oxygen atoms in total. The van der Waals surface area contributed by atoms with Crippen LogP contribution >= 0.6 is 62.3 Å². The molecule has 2 aromatic rings. The lowest BCUT2D eigenvalue weighted by atomic mass is 10.0. The zero-order valence-corrected chi connectivity index (χ0v) is 14.9. The summed E-state index contributed by atoms with van der Waals surface area (Å²) in [7, 11) is 1.54. The van der Waals surface area contributed by atoms with Gasteiger partial charge in [-0.15, -0.1) is 0 Å². The highest BCUT2D eigenvalue weighted by Gasteiger charge is 2.19. The summed E-state index contributed by atoms with van der Waals surface area (Å²) < 4.78 is 5.13. The SMILES string of the molecule is COc1cc(Cl)c(C(Br)c2ccc(Cl)cc2Cl)cc1Cl. The van der Waals surface area contributed by atoms with Gasteiger partial charge in [-0.25, -0.2) is 0 Å². The third-order valence-corrected chi connectivity index (χ3v) is 4.95. The number of methoxy groups -OCH3 is 1. The van der Waals surface area contributed by atoms with Crippen LogP contribution in [0.3, 0.4) is 0 Å². The molecule has 0 saturated carbocycles. The van der Waals surface area contributed by atoms with Gasteiger partial charge in [0.1, 0.15) is 5.75 Å². The van der Waals surface area contributed by atoms with E-state index in [0.717, 1.165) is 11.1 Å². The summed E-state index contributed by atoms with van der Waals surface area (Å²) in [6.45, 7) is 0. The van der Waals surface area contributed by atoms with Gasteiger partial charge in [-0.05, 0) is 29.3 Å². The molecule has 0 aromatic heterocycles. The van der Waals surface area contributed by atoms with Gasteiger partial charge in [0.25, 0.3) is 0 Å². The second-order valence-corrected chi connectivity index (χ2v) is 6.61. The summed E-state index contributed by atoms with van der Waals surface area (Å²) in [5, 5.41) is 2.17. The highest BCUT2D eigenvalue weighted by atomic mass is 79.9. The van der Waals surface area contributed by atoms with E-state index >= 15 is 0 Å². The van der Waals surface area contributed by atoms with Gasteiger partial charge in [-0.2, -0.15) is 0 Å². The zero-order valence-electron chi connectivity index (χ0n) is 10.3. The normalized spacial score (nSPS) is 12.3.